The molecule has 0 unspecified atom stereocenters. The van der Waals surface area contributed by atoms with Crippen LogP contribution < -0.4 is 10.0 Å². The Bertz CT molecular complexity index is 1420. The average molecular weight is 603 g/mol. The molecule has 222 valence electrons. The SMILES string of the molecule is CCCCc1nc(SCCCCO)c(C(=O)O)n1Cc1ccc(-c2ccccc2S(=O)(=O)NC(=O)NCCC)cc1. The number of aliphatic hydroxyl groups is 1. The van der Waals surface area contributed by atoms with Crippen molar-refractivity contribution < 1.29 is 28.2 Å². The summed E-state index contributed by atoms with van der Waals surface area (Å²) < 4.78 is 29.8. The number of nitrogens with zero attached hydrogens (tertiary/aromatic N) is 2. The highest BCUT2D eigenvalue weighted by molar-refractivity contribution is 7.99. The number of aromatic nitrogens is 2. The number of thioether (sulfide) groups is 1. The minimum atomic E-state index is -4.12. The maximum absolute atomic E-state index is 13.0. The van der Waals surface area contributed by atoms with Crippen molar-refractivity contribution in [1.82, 2.24) is 19.6 Å². The lowest BCUT2D eigenvalue weighted by atomic mass is 10.0. The number of nitrogens with one attached hydrogen (secondary N) is 2. The molecule has 0 aliphatic heterocycles. The molecule has 10 nitrogen and oxygen atoms in total. The van der Waals surface area contributed by atoms with Crippen LogP contribution in [0.2, 0.25) is 0 Å². The number of aromatic carboxylic acids is 1. The second kappa shape index (κ2) is 15.6. The maximum Gasteiger partial charge on any atom is 0.355 e. The summed E-state index contributed by atoms with van der Waals surface area (Å²) in [4.78, 5) is 29.0. The van der Waals surface area contributed by atoms with Crippen LogP contribution in [-0.2, 0) is 23.0 Å². The van der Waals surface area contributed by atoms with Gasteiger partial charge in [-0.3, -0.25) is 0 Å². The van der Waals surface area contributed by atoms with Gasteiger partial charge >= 0.3 is 12.0 Å². The first-order chi connectivity index (χ1) is 19.7. The highest BCUT2D eigenvalue weighted by atomic mass is 32.2. The van der Waals surface area contributed by atoms with Crippen molar-refractivity contribution in [3.63, 3.8) is 0 Å². The quantitative estimate of drug-likeness (QED) is 0.134. The number of sulfonamides is 1. The Morgan fingerprint density at radius 2 is 1.73 bits per heavy atom. The highest BCUT2D eigenvalue weighted by Gasteiger charge is 2.24. The molecule has 0 fully saturated rings. The first kappa shape index (κ1) is 32.2. The van der Waals surface area contributed by atoms with E-state index in [1.165, 1.54) is 17.8 Å². The van der Waals surface area contributed by atoms with Gasteiger partial charge in [0, 0.05) is 31.7 Å². The summed E-state index contributed by atoms with van der Waals surface area (Å²) in [7, 11) is -4.12. The van der Waals surface area contributed by atoms with Crippen molar-refractivity contribution in [3.8, 4) is 11.1 Å². The summed E-state index contributed by atoms with van der Waals surface area (Å²) in [5, 5.41) is 22.1. The standard InChI is InChI=1S/C29H38N4O6S2/c1-3-5-12-25-31-27(40-19-9-8-18-34)26(28(35)36)33(25)20-21-13-15-22(16-14-21)23-10-6-7-11-24(23)41(38,39)32-29(37)30-17-4-2/h6-7,10-11,13-16,34H,3-5,8-9,12,17-20H2,1-2H3,(H,35,36)(H2,30,32,37). The Kier molecular flexibility index (Phi) is 12.2. The molecule has 3 aromatic rings. The Morgan fingerprint density at radius 1 is 1.00 bits per heavy atom. The van der Waals surface area contributed by atoms with Crippen LogP contribution in [0.3, 0.4) is 0 Å². The number of hydrogen-bond donors (Lipinski definition) is 4. The van der Waals surface area contributed by atoms with E-state index >= 15 is 0 Å². The van der Waals surface area contributed by atoms with Gasteiger partial charge in [0.05, 0.1) is 4.90 Å². The lowest BCUT2D eigenvalue weighted by Gasteiger charge is -2.14. The lowest BCUT2D eigenvalue weighted by Crippen LogP contribution is -2.39. The van der Waals surface area contributed by atoms with Gasteiger partial charge in [0.1, 0.15) is 10.9 Å². The first-order valence-electron chi connectivity index (χ1n) is 13.8. The average Bonchev–Trinajstić information content (AvgIpc) is 3.30. The number of rotatable bonds is 16. The number of aryl methyl sites for hydroxylation is 1. The number of aliphatic hydroxyl groups excluding tert-OH is 1. The molecule has 41 heavy (non-hydrogen) atoms. The highest BCUT2D eigenvalue weighted by Crippen LogP contribution is 2.29. The third-order valence-electron chi connectivity index (χ3n) is 6.31. The van der Waals surface area contributed by atoms with Gasteiger partial charge in [-0.25, -0.2) is 27.7 Å². The Morgan fingerprint density at radius 3 is 2.39 bits per heavy atom. The van der Waals surface area contributed by atoms with E-state index in [-0.39, 0.29) is 17.2 Å². The number of hydrogen-bond acceptors (Lipinski definition) is 7. The van der Waals surface area contributed by atoms with Crippen molar-refractivity contribution in [2.24, 2.45) is 0 Å². The van der Waals surface area contributed by atoms with Crippen molar-refractivity contribution in [1.29, 1.82) is 0 Å². The number of amides is 2. The van der Waals surface area contributed by atoms with E-state index in [1.54, 1.807) is 34.9 Å². The van der Waals surface area contributed by atoms with E-state index in [0.717, 1.165) is 24.8 Å². The van der Waals surface area contributed by atoms with Gasteiger partial charge in [-0.1, -0.05) is 62.7 Å². The van der Waals surface area contributed by atoms with Crippen LogP contribution in [0.25, 0.3) is 11.1 Å². The van der Waals surface area contributed by atoms with Crippen molar-refractivity contribution in [2.75, 3.05) is 18.9 Å². The summed E-state index contributed by atoms with van der Waals surface area (Å²) in [6.45, 7) is 4.69. The topological polar surface area (TPSA) is 151 Å². The predicted molar refractivity (Wildman–Crippen MR) is 160 cm³/mol. The number of carbonyl (C=O) groups excluding carboxylic acids is 1. The molecule has 0 bridgehead atoms. The second-order valence-electron chi connectivity index (χ2n) is 9.51. The molecular formula is C29H38N4O6S2. The first-order valence-corrected chi connectivity index (χ1v) is 16.2. The molecule has 1 aromatic heterocycles. The maximum atomic E-state index is 13.0. The van der Waals surface area contributed by atoms with Crippen LogP contribution >= 0.6 is 11.8 Å². The van der Waals surface area contributed by atoms with Crippen LogP contribution in [0.15, 0.2) is 58.5 Å². The van der Waals surface area contributed by atoms with Gasteiger partial charge in [0.25, 0.3) is 10.0 Å². The van der Waals surface area contributed by atoms with Crippen LogP contribution in [0.5, 0.6) is 0 Å². The largest absolute Gasteiger partial charge is 0.476 e. The Labute approximate surface area is 245 Å². The Balaban J connectivity index is 1.89. The Hall–Kier alpha value is -3.35. The summed E-state index contributed by atoms with van der Waals surface area (Å²) in [5.41, 5.74) is 2.06. The van der Waals surface area contributed by atoms with Gasteiger partial charge in [0.15, 0.2) is 5.69 Å². The molecule has 0 spiro atoms. The fourth-order valence-electron chi connectivity index (χ4n) is 4.22. The minimum absolute atomic E-state index is 0.0214. The summed E-state index contributed by atoms with van der Waals surface area (Å²) in [6.07, 6.45) is 4.55. The third-order valence-corrected chi connectivity index (χ3v) is 8.75. The zero-order valence-electron chi connectivity index (χ0n) is 23.4. The molecule has 3 rings (SSSR count). The van der Waals surface area contributed by atoms with E-state index < -0.39 is 22.0 Å². The predicted octanol–water partition coefficient (Wildman–Crippen LogP) is 4.90. The molecule has 2 aromatic carbocycles. The van der Waals surface area contributed by atoms with E-state index in [9.17, 15) is 23.1 Å². The molecule has 0 aliphatic carbocycles. The molecule has 0 saturated carbocycles. The molecular weight excluding hydrogens is 564 g/mol. The van der Waals surface area contributed by atoms with Crippen LogP contribution in [0.4, 0.5) is 4.79 Å². The van der Waals surface area contributed by atoms with Gasteiger partial charge in [0.2, 0.25) is 0 Å². The summed E-state index contributed by atoms with van der Waals surface area (Å²) >= 11 is 1.39. The number of carbonyl (C=O) groups is 2. The molecule has 0 radical (unpaired) electrons. The number of carboxylic acids is 1. The monoisotopic (exact) mass is 602 g/mol. The fourth-order valence-corrected chi connectivity index (χ4v) is 6.43. The summed E-state index contributed by atoms with van der Waals surface area (Å²) in [5.74, 6) is 0.329. The molecule has 12 heteroatoms. The van der Waals surface area contributed by atoms with Crippen LogP contribution in [-0.4, -0.2) is 59.1 Å². The zero-order valence-corrected chi connectivity index (χ0v) is 25.1. The fraction of sp³-hybridized carbons (Fsp3) is 0.414. The zero-order chi connectivity index (χ0) is 29.8. The third kappa shape index (κ3) is 8.82. The smallest absolute Gasteiger partial charge is 0.355 e. The molecule has 0 atom stereocenters. The molecule has 1 heterocycles. The number of unbranched alkanes of at least 4 members (excludes halogenated alkanes) is 2. The molecule has 0 saturated heterocycles. The number of urea groups is 1. The van der Waals surface area contributed by atoms with Gasteiger partial charge in [-0.15, -0.1) is 11.8 Å². The normalized spacial score (nSPS) is 11.4. The lowest BCUT2D eigenvalue weighted by molar-refractivity contribution is 0.0681. The van der Waals surface area contributed by atoms with E-state index in [1.807, 2.05) is 19.1 Å². The second-order valence-corrected chi connectivity index (χ2v) is 12.2. The van der Waals surface area contributed by atoms with E-state index in [2.05, 4.69) is 21.9 Å². The minimum Gasteiger partial charge on any atom is -0.476 e. The van der Waals surface area contributed by atoms with Crippen LogP contribution in [0, 0.1) is 0 Å². The molecule has 4 N–H and O–H groups in total. The van der Waals surface area contributed by atoms with Gasteiger partial charge in [-0.05, 0) is 48.6 Å². The number of carboxylic acid groups (broad SMARTS) is 1. The van der Waals surface area contributed by atoms with Crippen molar-refractivity contribution in [2.45, 2.75) is 68.8 Å². The molecule has 2 amide bonds. The van der Waals surface area contributed by atoms with Gasteiger partial charge in [-0.2, -0.15) is 0 Å². The van der Waals surface area contributed by atoms with Gasteiger partial charge < -0.3 is 20.1 Å². The number of benzene rings is 2. The van der Waals surface area contributed by atoms with E-state index in [0.29, 0.717) is 60.1 Å². The van der Waals surface area contributed by atoms with Crippen molar-refractivity contribution in [3.05, 3.63) is 65.6 Å². The molecule has 0 aliphatic rings. The van der Waals surface area contributed by atoms with E-state index in [4.69, 9.17) is 5.11 Å². The van der Waals surface area contributed by atoms with Crippen LogP contribution in [0.1, 0.15) is 67.8 Å². The number of imidazole rings is 1. The summed E-state index contributed by atoms with van der Waals surface area (Å²) in [6, 6.07) is 12.9. The van der Waals surface area contributed by atoms with Crippen molar-refractivity contribution >= 4 is 33.8 Å².